The van der Waals surface area contributed by atoms with Crippen molar-refractivity contribution in [2.24, 2.45) is 0 Å². The van der Waals surface area contributed by atoms with E-state index in [-0.39, 0.29) is 25.2 Å². The first kappa shape index (κ1) is 13.0. The SMILES string of the molecule is COc1ccc(NC(=O)CCCC(=O)[O-])cc1. The number of amides is 1. The first-order valence-electron chi connectivity index (χ1n) is 5.25. The van der Waals surface area contributed by atoms with Gasteiger partial charge in [-0.05, 0) is 37.1 Å². The normalized spacial score (nSPS) is 9.71. The van der Waals surface area contributed by atoms with Crippen LogP contribution in [0.3, 0.4) is 0 Å². The smallest absolute Gasteiger partial charge is 0.224 e. The molecular formula is C12H14NO4-. The van der Waals surface area contributed by atoms with E-state index < -0.39 is 5.97 Å². The van der Waals surface area contributed by atoms with E-state index in [1.54, 1.807) is 31.4 Å². The van der Waals surface area contributed by atoms with Crippen molar-refractivity contribution < 1.29 is 19.4 Å². The van der Waals surface area contributed by atoms with Gasteiger partial charge in [0, 0.05) is 18.1 Å². The molecule has 0 atom stereocenters. The van der Waals surface area contributed by atoms with Crippen LogP contribution in [0.15, 0.2) is 24.3 Å². The number of carbonyl (C=O) groups is 2. The molecule has 0 aliphatic carbocycles. The van der Waals surface area contributed by atoms with E-state index in [1.165, 1.54) is 0 Å². The molecule has 0 saturated heterocycles. The number of ether oxygens (including phenoxy) is 1. The maximum absolute atomic E-state index is 11.4. The van der Waals surface area contributed by atoms with Gasteiger partial charge < -0.3 is 20.0 Å². The molecule has 1 amide bonds. The van der Waals surface area contributed by atoms with Crippen molar-refractivity contribution in [2.45, 2.75) is 19.3 Å². The molecule has 5 heteroatoms. The number of benzene rings is 1. The van der Waals surface area contributed by atoms with Gasteiger partial charge in [-0.2, -0.15) is 0 Å². The molecule has 1 aromatic carbocycles. The van der Waals surface area contributed by atoms with Gasteiger partial charge in [0.2, 0.25) is 5.91 Å². The van der Waals surface area contributed by atoms with Crippen molar-refractivity contribution in [3.05, 3.63) is 24.3 Å². The van der Waals surface area contributed by atoms with E-state index >= 15 is 0 Å². The fourth-order valence-electron chi connectivity index (χ4n) is 1.29. The van der Waals surface area contributed by atoms with Gasteiger partial charge >= 0.3 is 0 Å². The summed E-state index contributed by atoms with van der Waals surface area (Å²) in [6.45, 7) is 0. The summed E-state index contributed by atoms with van der Waals surface area (Å²) in [5.41, 5.74) is 0.657. The fourth-order valence-corrected chi connectivity index (χ4v) is 1.29. The van der Waals surface area contributed by atoms with Crippen molar-refractivity contribution in [3.8, 4) is 5.75 Å². The van der Waals surface area contributed by atoms with E-state index in [0.29, 0.717) is 11.4 Å². The second-order valence-corrected chi connectivity index (χ2v) is 3.50. The molecule has 0 heterocycles. The Morgan fingerprint density at radius 1 is 1.24 bits per heavy atom. The molecule has 0 fully saturated rings. The Morgan fingerprint density at radius 3 is 2.41 bits per heavy atom. The van der Waals surface area contributed by atoms with Crippen molar-refractivity contribution in [1.82, 2.24) is 0 Å². The molecule has 0 radical (unpaired) electrons. The first-order chi connectivity index (χ1) is 8.11. The number of aliphatic carboxylic acids is 1. The summed E-state index contributed by atoms with van der Waals surface area (Å²) in [6, 6.07) is 6.90. The van der Waals surface area contributed by atoms with Crippen LogP contribution in [-0.2, 0) is 9.59 Å². The summed E-state index contributed by atoms with van der Waals surface area (Å²) >= 11 is 0. The predicted octanol–water partition coefficient (Wildman–Crippen LogP) is 0.554. The zero-order valence-electron chi connectivity index (χ0n) is 9.56. The van der Waals surface area contributed by atoms with Crippen molar-refractivity contribution in [1.29, 1.82) is 0 Å². The highest BCUT2D eigenvalue weighted by Crippen LogP contribution is 2.15. The molecule has 0 spiro atoms. The summed E-state index contributed by atoms with van der Waals surface area (Å²) in [7, 11) is 1.56. The molecule has 17 heavy (non-hydrogen) atoms. The van der Waals surface area contributed by atoms with Gasteiger partial charge in [-0.1, -0.05) is 0 Å². The Balaban J connectivity index is 2.37. The predicted molar refractivity (Wildman–Crippen MR) is 60.5 cm³/mol. The van der Waals surface area contributed by atoms with Gasteiger partial charge in [-0.3, -0.25) is 4.79 Å². The Hall–Kier alpha value is -2.04. The van der Waals surface area contributed by atoms with E-state index in [1.807, 2.05) is 0 Å². The average molecular weight is 236 g/mol. The summed E-state index contributed by atoms with van der Waals surface area (Å²) in [4.78, 5) is 21.5. The van der Waals surface area contributed by atoms with Gasteiger partial charge in [0.15, 0.2) is 0 Å². The first-order valence-corrected chi connectivity index (χ1v) is 5.25. The molecule has 0 aliphatic heterocycles. The van der Waals surface area contributed by atoms with Gasteiger partial charge in [-0.15, -0.1) is 0 Å². The number of rotatable bonds is 6. The monoisotopic (exact) mass is 236 g/mol. The highest BCUT2D eigenvalue weighted by Gasteiger charge is 2.02. The number of nitrogens with one attached hydrogen (secondary N) is 1. The van der Waals surface area contributed by atoms with Crippen LogP contribution in [0.25, 0.3) is 0 Å². The van der Waals surface area contributed by atoms with Crippen molar-refractivity contribution >= 4 is 17.6 Å². The fraction of sp³-hybridized carbons (Fsp3) is 0.333. The van der Waals surface area contributed by atoms with Crippen LogP contribution in [0.1, 0.15) is 19.3 Å². The lowest BCUT2D eigenvalue weighted by molar-refractivity contribution is -0.305. The van der Waals surface area contributed by atoms with E-state index in [2.05, 4.69) is 5.32 Å². The molecule has 1 rings (SSSR count). The number of carbonyl (C=O) groups excluding carboxylic acids is 2. The lowest BCUT2D eigenvalue weighted by Gasteiger charge is -2.06. The van der Waals surface area contributed by atoms with E-state index in [9.17, 15) is 14.7 Å². The molecule has 0 saturated carbocycles. The second-order valence-electron chi connectivity index (χ2n) is 3.50. The highest BCUT2D eigenvalue weighted by molar-refractivity contribution is 5.90. The van der Waals surface area contributed by atoms with Crippen molar-refractivity contribution in [2.75, 3.05) is 12.4 Å². The molecule has 0 aromatic heterocycles. The highest BCUT2D eigenvalue weighted by atomic mass is 16.5. The van der Waals surface area contributed by atoms with Crippen LogP contribution >= 0.6 is 0 Å². The Kier molecular flexibility index (Phi) is 5.00. The van der Waals surface area contributed by atoms with E-state index in [4.69, 9.17) is 4.74 Å². The summed E-state index contributed by atoms with van der Waals surface area (Å²) in [5.74, 6) is -0.640. The minimum Gasteiger partial charge on any atom is -0.550 e. The number of carboxylic acids is 1. The number of methoxy groups -OCH3 is 1. The molecule has 1 aromatic rings. The Morgan fingerprint density at radius 2 is 1.88 bits per heavy atom. The average Bonchev–Trinajstić information content (AvgIpc) is 2.29. The number of carboxylic acid groups (broad SMARTS) is 1. The molecule has 0 unspecified atom stereocenters. The third-order valence-electron chi connectivity index (χ3n) is 2.16. The van der Waals surface area contributed by atoms with E-state index in [0.717, 1.165) is 0 Å². The molecular weight excluding hydrogens is 222 g/mol. The number of hydrogen-bond acceptors (Lipinski definition) is 4. The standard InChI is InChI=1S/C12H15NO4/c1-17-10-7-5-9(6-8-10)13-11(14)3-2-4-12(15)16/h5-8H,2-4H2,1H3,(H,13,14)(H,15,16)/p-1. The van der Waals surface area contributed by atoms with Gasteiger partial charge in [-0.25, -0.2) is 0 Å². The van der Waals surface area contributed by atoms with Crippen LogP contribution in [0.5, 0.6) is 5.75 Å². The Labute approximate surface area is 99.4 Å². The molecule has 5 nitrogen and oxygen atoms in total. The number of anilines is 1. The van der Waals surface area contributed by atoms with Crippen LogP contribution in [0, 0.1) is 0 Å². The topological polar surface area (TPSA) is 78.5 Å². The van der Waals surface area contributed by atoms with Crippen LogP contribution in [0.4, 0.5) is 5.69 Å². The van der Waals surface area contributed by atoms with Crippen LogP contribution in [0.2, 0.25) is 0 Å². The maximum atomic E-state index is 11.4. The Bertz CT molecular complexity index is 386. The van der Waals surface area contributed by atoms with Gasteiger partial charge in [0.1, 0.15) is 5.75 Å². The number of hydrogen-bond donors (Lipinski definition) is 1. The zero-order chi connectivity index (χ0) is 12.7. The second kappa shape index (κ2) is 6.52. The third kappa shape index (κ3) is 5.01. The molecule has 0 bridgehead atoms. The molecule has 92 valence electrons. The minimum atomic E-state index is -1.14. The quantitative estimate of drug-likeness (QED) is 0.782. The largest absolute Gasteiger partial charge is 0.550 e. The lowest BCUT2D eigenvalue weighted by atomic mass is 10.2. The maximum Gasteiger partial charge on any atom is 0.224 e. The third-order valence-corrected chi connectivity index (χ3v) is 2.16. The molecule has 1 N–H and O–H groups in total. The molecule has 0 aliphatic rings. The summed E-state index contributed by atoms with van der Waals surface area (Å²) in [5, 5.41) is 12.8. The lowest BCUT2D eigenvalue weighted by Crippen LogP contribution is -2.22. The van der Waals surface area contributed by atoms with Crippen LogP contribution < -0.4 is 15.2 Å². The van der Waals surface area contributed by atoms with Gasteiger partial charge in [0.05, 0.1) is 7.11 Å². The van der Waals surface area contributed by atoms with Crippen LogP contribution in [-0.4, -0.2) is 19.0 Å². The van der Waals surface area contributed by atoms with Gasteiger partial charge in [0.25, 0.3) is 0 Å². The van der Waals surface area contributed by atoms with Crippen molar-refractivity contribution in [3.63, 3.8) is 0 Å². The summed E-state index contributed by atoms with van der Waals surface area (Å²) < 4.78 is 4.98. The minimum absolute atomic E-state index is 0.101. The zero-order valence-corrected chi connectivity index (χ0v) is 9.56. The summed E-state index contributed by atoms with van der Waals surface area (Å²) in [6.07, 6.45) is 0.348.